The largest absolute Gasteiger partial charge is 0.396 e. The van der Waals surface area contributed by atoms with Crippen molar-refractivity contribution in [3.05, 3.63) is 24.0 Å². The molecule has 0 aliphatic carbocycles. The van der Waals surface area contributed by atoms with E-state index in [1.165, 1.54) is 18.2 Å². The number of amides is 1. The minimum absolute atomic E-state index is 0.0315. The molecule has 18 heavy (non-hydrogen) atoms. The molecule has 0 aromatic heterocycles. The number of hydrogen-bond donors (Lipinski definition) is 2. The maximum absolute atomic E-state index is 13.0. The van der Waals surface area contributed by atoms with Crippen LogP contribution >= 0.6 is 0 Å². The summed E-state index contributed by atoms with van der Waals surface area (Å²) < 4.78 is 13.0. The monoisotopic (exact) mass is 253 g/mol. The minimum Gasteiger partial charge on any atom is -0.396 e. The minimum atomic E-state index is -0.481. The van der Waals surface area contributed by atoms with Gasteiger partial charge in [0.2, 0.25) is 5.91 Å². The van der Waals surface area contributed by atoms with Gasteiger partial charge < -0.3 is 11.1 Å². The van der Waals surface area contributed by atoms with Crippen molar-refractivity contribution in [2.24, 2.45) is 0 Å². The smallest absolute Gasteiger partial charge is 0.238 e. The zero-order valence-electron chi connectivity index (χ0n) is 11.0. The Hall–Kier alpha value is -1.62. The number of nitrogen functional groups attached to an aromatic ring is 1. The van der Waals surface area contributed by atoms with E-state index in [1.54, 1.807) is 0 Å². The standard InChI is InChI=1S/C13H20FN3O/c1-4-17(9(2)3)8-13(18)16-10-5-6-11(14)12(15)7-10/h5-7,9H,4,8,15H2,1-3H3,(H,16,18). The number of carbonyl (C=O) groups excluding carboxylic acids is 1. The lowest BCUT2D eigenvalue weighted by atomic mass is 10.2. The van der Waals surface area contributed by atoms with Gasteiger partial charge in [-0.25, -0.2) is 4.39 Å². The second-order valence-corrected chi connectivity index (χ2v) is 4.44. The van der Waals surface area contributed by atoms with Gasteiger partial charge in [-0.15, -0.1) is 0 Å². The number of hydrogen-bond acceptors (Lipinski definition) is 3. The summed E-state index contributed by atoms with van der Waals surface area (Å²) in [7, 11) is 0. The van der Waals surface area contributed by atoms with Gasteiger partial charge in [0.05, 0.1) is 12.2 Å². The number of likely N-dealkylation sites (N-methyl/N-ethyl adjacent to an activating group) is 1. The third kappa shape index (κ3) is 4.00. The van der Waals surface area contributed by atoms with Crippen molar-refractivity contribution in [1.29, 1.82) is 0 Å². The van der Waals surface area contributed by atoms with E-state index in [0.717, 1.165) is 6.54 Å². The summed E-state index contributed by atoms with van der Waals surface area (Å²) in [6, 6.07) is 4.46. The lowest BCUT2D eigenvalue weighted by molar-refractivity contribution is -0.117. The van der Waals surface area contributed by atoms with Gasteiger partial charge in [-0.2, -0.15) is 0 Å². The highest BCUT2D eigenvalue weighted by Gasteiger charge is 2.12. The lowest BCUT2D eigenvalue weighted by Gasteiger charge is -2.23. The van der Waals surface area contributed by atoms with Gasteiger partial charge in [-0.1, -0.05) is 6.92 Å². The average Bonchev–Trinajstić information content (AvgIpc) is 2.30. The Morgan fingerprint density at radius 2 is 2.17 bits per heavy atom. The molecule has 3 N–H and O–H groups in total. The molecule has 0 radical (unpaired) electrons. The van der Waals surface area contributed by atoms with Crippen LogP contribution in [0.2, 0.25) is 0 Å². The van der Waals surface area contributed by atoms with Crippen molar-refractivity contribution in [3.63, 3.8) is 0 Å². The van der Waals surface area contributed by atoms with Crippen molar-refractivity contribution in [3.8, 4) is 0 Å². The van der Waals surface area contributed by atoms with Crippen LogP contribution in [-0.2, 0) is 4.79 Å². The number of nitrogens with two attached hydrogens (primary N) is 1. The highest BCUT2D eigenvalue weighted by atomic mass is 19.1. The van der Waals surface area contributed by atoms with Gasteiger partial charge in [0.15, 0.2) is 0 Å². The summed E-state index contributed by atoms with van der Waals surface area (Å²) in [5.74, 6) is -0.609. The van der Waals surface area contributed by atoms with E-state index in [0.29, 0.717) is 18.3 Å². The van der Waals surface area contributed by atoms with Gasteiger partial charge in [0.1, 0.15) is 5.82 Å². The molecule has 0 saturated carbocycles. The third-order valence-electron chi connectivity index (χ3n) is 2.76. The predicted molar refractivity (Wildman–Crippen MR) is 71.8 cm³/mol. The van der Waals surface area contributed by atoms with Crippen LogP contribution in [0.5, 0.6) is 0 Å². The number of rotatable bonds is 5. The van der Waals surface area contributed by atoms with Gasteiger partial charge in [0.25, 0.3) is 0 Å². The normalized spacial score (nSPS) is 11.0. The Morgan fingerprint density at radius 3 is 2.67 bits per heavy atom. The van der Waals surface area contributed by atoms with Gasteiger partial charge in [0, 0.05) is 11.7 Å². The third-order valence-corrected chi connectivity index (χ3v) is 2.76. The van der Waals surface area contributed by atoms with E-state index in [9.17, 15) is 9.18 Å². The predicted octanol–water partition coefficient (Wildman–Crippen LogP) is 2.08. The topological polar surface area (TPSA) is 58.4 Å². The van der Waals surface area contributed by atoms with Crippen LogP contribution in [0.4, 0.5) is 15.8 Å². The van der Waals surface area contributed by atoms with Crippen molar-refractivity contribution in [1.82, 2.24) is 4.90 Å². The number of nitrogens with one attached hydrogen (secondary N) is 1. The summed E-state index contributed by atoms with van der Waals surface area (Å²) in [5, 5.41) is 2.70. The van der Waals surface area contributed by atoms with E-state index in [4.69, 9.17) is 5.73 Å². The molecule has 0 atom stereocenters. The molecule has 1 rings (SSSR count). The lowest BCUT2D eigenvalue weighted by Crippen LogP contribution is -2.37. The molecule has 0 bridgehead atoms. The van der Waals surface area contributed by atoms with Gasteiger partial charge >= 0.3 is 0 Å². The fourth-order valence-corrected chi connectivity index (χ4v) is 1.67. The van der Waals surface area contributed by atoms with Crippen LogP contribution in [-0.4, -0.2) is 29.9 Å². The first-order chi connectivity index (χ1) is 8.43. The Bertz CT molecular complexity index is 421. The first-order valence-corrected chi connectivity index (χ1v) is 6.03. The molecule has 0 fully saturated rings. The molecule has 1 aromatic carbocycles. The molecule has 1 amide bonds. The Kier molecular flexibility index (Phi) is 5.09. The first-order valence-electron chi connectivity index (χ1n) is 6.03. The summed E-state index contributed by atoms with van der Waals surface area (Å²) >= 11 is 0. The van der Waals surface area contributed by atoms with Crippen molar-refractivity contribution in [2.75, 3.05) is 24.1 Å². The zero-order chi connectivity index (χ0) is 13.7. The molecular weight excluding hydrogens is 233 g/mol. The number of nitrogens with zero attached hydrogens (tertiary/aromatic N) is 1. The van der Waals surface area contributed by atoms with Crippen molar-refractivity contribution < 1.29 is 9.18 Å². The van der Waals surface area contributed by atoms with Crippen molar-refractivity contribution in [2.45, 2.75) is 26.8 Å². The zero-order valence-corrected chi connectivity index (χ0v) is 11.0. The van der Waals surface area contributed by atoms with E-state index in [-0.39, 0.29) is 11.6 Å². The van der Waals surface area contributed by atoms with E-state index in [2.05, 4.69) is 5.32 Å². The van der Waals surface area contributed by atoms with Crippen LogP contribution in [0.15, 0.2) is 18.2 Å². The molecule has 0 unspecified atom stereocenters. The molecule has 5 heteroatoms. The molecule has 0 aliphatic rings. The van der Waals surface area contributed by atoms with Crippen LogP contribution in [0.3, 0.4) is 0 Å². The van der Waals surface area contributed by atoms with Crippen molar-refractivity contribution >= 4 is 17.3 Å². The van der Waals surface area contributed by atoms with E-state index >= 15 is 0 Å². The highest BCUT2D eigenvalue weighted by Crippen LogP contribution is 2.16. The fourth-order valence-electron chi connectivity index (χ4n) is 1.67. The molecule has 100 valence electrons. The SMILES string of the molecule is CCN(CC(=O)Nc1ccc(F)c(N)c1)C(C)C. The second-order valence-electron chi connectivity index (χ2n) is 4.44. The molecular formula is C13H20FN3O. The molecule has 0 aliphatic heterocycles. The van der Waals surface area contributed by atoms with Gasteiger partial charge in [-0.3, -0.25) is 9.69 Å². The van der Waals surface area contributed by atoms with E-state index in [1.807, 2.05) is 25.7 Å². The second kappa shape index (κ2) is 6.35. The fraction of sp³-hybridized carbons (Fsp3) is 0.462. The highest BCUT2D eigenvalue weighted by molar-refractivity contribution is 5.92. The Labute approximate surface area is 107 Å². The van der Waals surface area contributed by atoms with Crippen LogP contribution in [0.25, 0.3) is 0 Å². The summed E-state index contributed by atoms with van der Waals surface area (Å²) in [4.78, 5) is 13.8. The first kappa shape index (κ1) is 14.4. The number of anilines is 2. The number of carbonyl (C=O) groups is 1. The van der Waals surface area contributed by atoms with Gasteiger partial charge in [-0.05, 0) is 38.6 Å². The molecule has 1 aromatic rings. The molecule has 0 saturated heterocycles. The maximum Gasteiger partial charge on any atom is 0.238 e. The van der Waals surface area contributed by atoms with Crippen LogP contribution in [0.1, 0.15) is 20.8 Å². The van der Waals surface area contributed by atoms with Crippen LogP contribution < -0.4 is 11.1 Å². The molecule has 0 heterocycles. The number of benzene rings is 1. The number of halogens is 1. The molecule has 0 spiro atoms. The summed E-state index contributed by atoms with van der Waals surface area (Å²) in [6.45, 7) is 7.19. The average molecular weight is 253 g/mol. The van der Waals surface area contributed by atoms with Crippen LogP contribution in [0, 0.1) is 5.82 Å². The summed E-state index contributed by atoms with van der Waals surface area (Å²) in [5.41, 5.74) is 5.98. The maximum atomic E-state index is 13.0. The van der Waals surface area contributed by atoms with E-state index < -0.39 is 5.82 Å². The summed E-state index contributed by atoms with van der Waals surface area (Å²) in [6.07, 6.45) is 0. The Morgan fingerprint density at radius 1 is 1.50 bits per heavy atom. The molecule has 4 nitrogen and oxygen atoms in total. The Balaban J connectivity index is 2.61. The quantitative estimate of drug-likeness (QED) is 0.790.